The summed E-state index contributed by atoms with van der Waals surface area (Å²) in [5.74, 6) is -0.390. The minimum absolute atomic E-state index is 0.275. The van der Waals surface area contributed by atoms with Gasteiger partial charge in [-0.1, -0.05) is 49.6 Å². The first-order chi connectivity index (χ1) is 11.5. The zero-order valence-electron chi connectivity index (χ0n) is 13.9. The Balaban J connectivity index is 1.67. The first kappa shape index (κ1) is 16.5. The molecule has 1 atom stereocenters. The first-order valence-corrected chi connectivity index (χ1v) is 8.52. The Morgan fingerprint density at radius 1 is 1.21 bits per heavy atom. The van der Waals surface area contributed by atoms with Gasteiger partial charge in [0.25, 0.3) is 5.91 Å². The number of imide groups is 1. The van der Waals surface area contributed by atoms with Crippen LogP contribution in [0.3, 0.4) is 0 Å². The Kier molecular flexibility index (Phi) is 4.55. The zero-order chi connectivity index (χ0) is 17.2. The van der Waals surface area contributed by atoms with Gasteiger partial charge in [-0.3, -0.25) is 15.0 Å². The third-order valence-corrected chi connectivity index (χ3v) is 4.98. The van der Waals surface area contributed by atoms with Gasteiger partial charge in [0.15, 0.2) is 0 Å². The monoisotopic (exact) mass is 329 g/mol. The number of carbonyl (C=O) groups excluding carboxylic acids is 3. The maximum Gasteiger partial charge on any atom is 0.344 e. The lowest BCUT2D eigenvalue weighted by Crippen LogP contribution is -2.48. The summed E-state index contributed by atoms with van der Waals surface area (Å²) in [5, 5.41) is 3.50. The number of hydrogen-bond donors (Lipinski definition) is 2. The lowest BCUT2D eigenvalue weighted by atomic mass is 9.87. The smallest absolute Gasteiger partial charge is 0.318 e. The molecule has 2 N–H and O–H groups in total. The minimum Gasteiger partial charge on any atom is -0.318 e. The number of hydrazine groups is 1. The zero-order valence-corrected chi connectivity index (χ0v) is 13.9. The highest BCUT2D eigenvalue weighted by atomic mass is 16.2. The molecule has 1 unspecified atom stereocenters. The topological polar surface area (TPSA) is 78.5 Å². The molecule has 1 aliphatic heterocycles. The van der Waals surface area contributed by atoms with E-state index in [-0.39, 0.29) is 5.91 Å². The summed E-state index contributed by atoms with van der Waals surface area (Å²) in [7, 11) is 0. The van der Waals surface area contributed by atoms with Gasteiger partial charge >= 0.3 is 6.03 Å². The van der Waals surface area contributed by atoms with Gasteiger partial charge in [0, 0.05) is 6.42 Å². The largest absolute Gasteiger partial charge is 0.344 e. The number of carbonyl (C=O) groups is 3. The molecule has 1 aromatic carbocycles. The fourth-order valence-corrected chi connectivity index (χ4v) is 3.53. The Morgan fingerprint density at radius 3 is 2.54 bits per heavy atom. The second-order valence-electron chi connectivity index (χ2n) is 6.80. The maximum absolute atomic E-state index is 12.7. The van der Waals surface area contributed by atoms with Crippen LogP contribution in [0.4, 0.5) is 4.79 Å². The van der Waals surface area contributed by atoms with Crippen LogP contribution in [0.15, 0.2) is 30.3 Å². The van der Waals surface area contributed by atoms with Crippen LogP contribution in [0.25, 0.3) is 0 Å². The van der Waals surface area contributed by atoms with E-state index in [0.717, 1.165) is 30.7 Å². The number of nitrogens with one attached hydrogen (secondary N) is 2. The fourth-order valence-electron chi connectivity index (χ4n) is 3.53. The van der Waals surface area contributed by atoms with Crippen LogP contribution in [-0.2, 0) is 15.1 Å². The van der Waals surface area contributed by atoms with E-state index in [4.69, 9.17) is 0 Å². The maximum atomic E-state index is 12.7. The quantitative estimate of drug-likeness (QED) is 0.833. The van der Waals surface area contributed by atoms with Crippen LogP contribution in [0.5, 0.6) is 0 Å². The molecule has 0 spiro atoms. The average molecular weight is 329 g/mol. The summed E-state index contributed by atoms with van der Waals surface area (Å²) >= 11 is 0. The highest BCUT2D eigenvalue weighted by Gasteiger charge is 2.49. The summed E-state index contributed by atoms with van der Waals surface area (Å²) in [6, 6.07) is 8.44. The Labute approximate surface area is 141 Å². The molecule has 0 bridgehead atoms. The molecule has 6 nitrogen and oxygen atoms in total. The number of nitrogens with zero attached hydrogens (tertiary/aromatic N) is 1. The summed E-state index contributed by atoms with van der Waals surface area (Å²) in [5.41, 5.74) is 2.01. The molecule has 1 saturated carbocycles. The van der Waals surface area contributed by atoms with Crippen molar-refractivity contribution in [3.63, 3.8) is 0 Å². The van der Waals surface area contributed by atoms with Gasteiger partial charge in [0.05, 0.1) is 0 Å². The molecule has 1 heterocycles. The third kappa shape index (κ3) is 3.13. The van der Waals surface area contributed by atoms with Crippen molar-refractivity contribution in [2.45, 2.75) is 51.0 Å². The van der Waals surface area contributed by atoms with Crippen molar-refractivity contribution < 1.29 is 14.4 Å². The van der Waals surface area contributed by atoms with E-state index in [9.17, 15) is 14.4 Å². The van der Waals surface area contributed by atoms with Crippen molar-refractivity contribution in [3.05, 3.63) is 35.9 Å². The van der Waals surface area contributed by atoms with Crippen LogP contribution >= 0.6 is 0 Å². The minimum atomic E-state index is -1.16. The van der Waals surface area contributed by atoms with Crippen LogP contribution < -0.4 is 10.7 Å². The van der Waals surface area contributed by atoms with Crippen molar-refractivity contribution in [2.24, 2.45) is 5.92 Å². The normalized spacial score (nSPS) is 24.8. The highest BCUT2D eigenvalue weighted by Crippen LogP contribution is 2.29. The van der Waals surface area contributed by atoms with Crippen molar-refractivity contribution in [3.8, 4) is 0 Å². The Bertz CT molecular complexity index is 640. The van der Waals surface area contributed by atoms with Crippen LogP contribution in [0.1, 0.15) is 51.0 Å². The van der Waals surface area contributed by atoms with E-state index in [2.05, 4.69) is 10.7 Å². The van der Waals surface area contributed by atoms with Crippen molar-refractivity contribution in [1.29, 1.82) is 0 Å². The molecule has 2 aliphatic rings. The van der Waals surface area contributed by atoms with E-state index < -0.39 is 17.5 Å². The molecule has 1 aliphatic carbocycles. The summed E-state index contributed by atoms with van der Waals surface area (Å²) in [6.07, 6.45) is 5.95. The van der Waals surface area contributed by atoms with Gasteiger partial charge in [-0.05, 0) is 31.2 Å². The van der Waals surface area contributed by atoms with E-state index in [0.29, 0.717) is 17.9 Å². The number of urea groups is 1. The molecular formula is C18H23N3O3. The molecule has 128 valence electrons. The Morgan fingerprint density at radius 2 is 1.88 bits per heavy atom. The first-order valence-electron chi connectivity index (χ1n) is 8.52. The number of rotatable bonds is 4. The molecule has 24 heavy (non-hydrogen) atoms. The van der Waals surface area contributed by atoms with Crippen LogP contribution in [0, 0.1) is 5.92 Å². The van der Waals surface area contributed by atoms with Crippen molar-refractivity contribution >= 4 is 17.8 Å². The lowest BCUT2D eigenvalue weighted by molar-refractivity contribution is -0.139. The molecule has 0 radical (unpaired) electrons. The summed E-state index contributed by atoms with van der Waals surface area (Å²) < 4.78 is 0. The number of amides is 4. The lowest BCUT2D eigenvalue weighted by Gasteiger charge is -2.23. The van der Waals surface area contributed by atoms with Crippen LogP contribution in [0.2, 0.25) is 0 Å². The van der Waals surface area contributed by atoms with E-state index in [1.807, 2.05) is 18.2 Å². The van der Waals surface area contributed by atoms with E-state index in [1.54, 1.807) is 19.1 Å². The van der Waals surface area contributed by atoms with Gasteiger partial charge in [0.1, 0.15) is 5.54 Å². The predicted octanol–water partition coefficient (Wildman–Crippen LogP) is 2.46. The number of hydrogen-bond acceptors (Lipinski definition) is 3. The predicted molar refractivity (Wildman–Crippen MR) is 88.5 cm³/mol. The SMILES string of the molecule is CC1(c2ccccc2)NC(=O)N(NC(=O)CC2CCCCC2)C1=O. The van der Waals surface area contributed by atoms with Gasteiger partial charge in [-0.25, -0.2) is 4.79 Å². The molecule has 2 fully saturated rings. The molecule has 1 saturated heterocycles. The van der Waals surface area contributed by atoms with Gasteiger partial charge in [-0.15, -0.1) is 0 Å². The fraction of sp³-hybridized carbons (Fsp3) is 0.500. The van der Waals surface area contributed by atoms with Gasteiger partial charge in [-0.2, -0.15) is 5.01 Å². The Hall–Kier alpha value is -2.37. The molecule has 4 amide bonds. The van der Waals surface area contributed by atoms with Gasteiger partial charge < -0.3 is 5.32 Å². The van der Waals surface area contributed by atoms with Crippen LogP contribution in [-0.4, -0.2) is 22.9 Å². The van der Waals surface area contributed by atoms with E-state index in [1.165, 1.54) is 6.42 Å². The summed E-state index contributed by atoms with van der Waals surface area (Å²) in [6.45, 7) is 1.65. The highest BCUT2D eigenvalue weighted by molar-refractivity contribution is 6.08. The standard InChI is InChI=1S/C18H23N3O3/c1-18(14-10-6-3-7-11-14)16(23)21(17(24)19-18)20-15(22)12-13-8-4-2-5-9-13/h3,6-7,10-11,13H,2,4-5,8-9,12H2,1H3,(H,19,24)(H,20,22). The van der Waals surface area contributed by atoms with Gasteiger partial charge in [0.2, 0.25) is 5.91 Å². The second kappa shape index (κ2) is 6.63. The number of benzene rings is 1. The average Bonchev–Trinajstić information content (AvgIpc) is 2.81. The van der Waals surface area contributed by atoms with Crippen molar-refractivity contribution in [2.75, 3.05) is 0 Å². The van der Waals surface area contributed by atoms with Crippen molar-refractivity contribution in [1.82, 2.24) is 15.8 Å². The molecule has 1 aromatic rings. The summed E-state index contributed by atoms with van der Waals surface area (Å²) in [4.78, 5) is 37.1. The second-order valence-corrected chi connectivity index (χ2v) is 6.80. The molecule has 0 aromatic heterocycles. The molecule has 3 rings (SSSR count). The van der Waals surface area contributed by atoms with E-state index >= 15 is 0 Å². The molecule has 6 heteroatoms. The third-order valence-electron chi connectivity index (χ3n) is 4.98. The molecular weight excluding hydrogens is 306 g/mol.